The predicted molar refractivity (Wildman–Crippen MR) is 40.8 cm³/mol. The van der Waals surface area contributed by atoms with Crippen LogP contribution in [-0.4, -0.2) is 5.97 Å². The molecule has 0 amide bonds. The molecule has 0 spiro atoms. The Kier molecular flexibility index (Phi) is 1.66. The van der Waals surface area contributed by atoms with Crippen LogP contribution in [0.5, 0.6) is 11.5 Å². The maximum absolute atomic E-state index is 10.4. The molecule has 0 aromatic heterocycles. The zero-order valence-corrected chi connectivity index (χ0v) is 6.52. The van der Waals surface area contributed by atoms with Crippen molar-refractivity contribution >= 4 is 5.97 Å². The van der Waals surface area contributed by atoms with E-state index in [1.165, 1.54) is 0 Å². The van der Waals surface area contributed by atoms with Gasteiger partial charge in [0.15, 0.2) is 17.3 Å². The van der Waals surface area contributed by atoms with E-state index in [2.05, 4.69) is 0 Å². The smallest absolute Gasteiger partial charge is 0.185 e. The van der Waals surface area contributed by atoms with Crippen molar-refractivity contribution in [2.75, 3.05) is 0 Å². The number of rotatable bonds is 1. The van der Waals surface area contributed by atoms with Gasteiger partial charge < -0.3 is 19.4 Å². The van der Waals surface area contributed by atoms with Crippen molar-refractivity contribution in [1.82, 2.24) is 0 Å². The average molecular weight is 177 g/mol. The molecule has 1 aliphatic heterocycles. The second-order valence-electron chi connectivity index (χ2n) is 2.44. The van der Waals surface area contributed by atoms with Gasteiger partial charge in [0.25, 0.3) is 0 Å². The van der Waals surface area contributed by atoms with Gasteiger partial charge >= 0.3 is 0 Å². The average Bonchev–Trinajstić information content (AvgIpc) is 2.17. The second-order valence-corrected chi connectivity index (χ2v) is 2.44. The highest BCUT2D eigenvalue weighted by Gasteiger charge is 2.13. The van der Waals surface area contributed by atoms with Crippen LogP contribution in [0.3, 0.4) is 0 Å². The van der Waals surface area contributed by atoms with E-state index in [1.54, 1.807) is 24.3 Å². The van der Waals surface area contributed by atoms with E-state index in [4.69, 9.17) is 9.47 Å². The number of carboxylic acids is 1. The minimum Gasteiger partial charge on any atom is -0.541 e. The molecule has 1 aromatic carbocycles. The van der Waals surface area contributed by atoms with Gasteiger partial charge in [-0.1, -0.05) is 12.1 Å². The number of hydrogen-bond donors (Lipinski definition) is 0. The van der Waals surface area contributed by atoms with Crippen molar-refractivity contribution < 1.29 is 19.4 Å². The van der Waals surface area contributed by atoms with E-state index < -0.39 is 5.97 Å². The lowest BCUT2D eigenvalue weighted by atomic mass is 10.3. The Hall–Kier alpha value is -1.97. The van der Waals surface area contributed by atoms with E-state index in [0.717, 1.165) is 6.26 Å². The summed E-state index contributed by atoms with van der Waals surface area (Å²) in [5.74, 6) is -0.843. The lowest BCUT2D eigenvalue weighted by Crippen LogP contribution is -2.28. The van der Waals surface area contributed by atoms with Crippen LogP contribution in [0, 0.1) is 0 Å². The predicted octanol–water partition coefficient (Wildman–Crippen LogP) is 0.0491. The number of carbonyl (C=O) groups is 1. The summed E-state index contributed by atoms with van der Waals surface area (Å²) in [5, 5.41) is 10.4. The summed E-state index contributed by atoms with van der Waals surface area (Å²) in [6.07, 6.45) is 1.01. The van der Waals surface area contributed by atoms with Crippen LogP contribution in [0.4, 0.5) is 0 Å². The number of aliphatic carboxylic acids is 1. The molecule has 0 bridgehead atoms. The molecule has 0 saturated heterocycles. The minimum atomic E-state index is -1.39. The number of carboxylic acid groups (broad SMARTS) is 1. The lowest BCUT2D eigenvalue weighted by molar-refractivity contribution is -0.302. The molecule has 0 fully saturated rings. The minimum absolute atomic E-state index is 0.321. The van der Waals surface area contributed by atoms with Crippen molar-refractivity contribution in [2.24, 2.45) is 0 Å². The van der Waals surface area contributed by atoms with Gasteiger partial charge in [-0.2, -0.15) is 0 Å². The maximum atomic E-state index is 10.4. The van der Waals surface area contributed by atoms with Gasteiger partial charge in [0.05, 0.1) is 0 Å². The van der Waals surface area contributed by atoms with E-state index in [9.17, 15) is 9.90 Å². The molecule has 13 heavy (non-hydrogen) atoms. The van der Waals surface area contributed by atoms with Crippen LogP contribution in [0.2, 0.25) is 0 Å². The molecular weight excluding hydrogens is 172 g/mol. The summed E-state index contributed by atoms with van der Waals surface area (Å²) >= 11 is 0. The summed E-state index contributed by atoms with van der Waals surface area (Å²) in [4.78, 5) is 10.4. The molecule has 4 nitrogen and oxygen atoms in total. The molecule has 4 heteroatoms. The maximum Gasteiger partial charge on any atom is 0.185 e. The van der Waals surface area contributed by atoms with Gasteiger partial charge in [0.1, 0.15) is 12.2 Å². The number of fused-ring (bicyclic) bond motifs is 1. The van der Waals surface area contributed by atoms with Gasteiger partial charge in [-0.05, 0) is 12.1 Å². The third-order valence-corrected chi connectivity index (χ3v) is 1.56. The standard InChI is InChI=1S/C9H6O4/c10-9(11)8-5-12-6-3-1-2-4-7(6)13-8/h1-5H,(H,10,11)/p-1. The van der Waals surface area contributed by atoms with Gasteiger partial charge in [0, 0.05) is 0 Å². The fraction of sp³-hybridized carbons (Fsp3) is 0. The van der Waals surface area contributed by atoms with E-state index in [-0.39, 0.29) is 5.76 Å². The summed E-state index contributed by atoms with van der Waals surface area (Å²) in [7, 11) is 0. The Bertz CT molecular complexity index is 381. The van der Waals surface area contributed by atoms with Gasteiger partial charge in [-0.25, -0.2) is 0 Å². The van der Waals surface area contributed by atoms with Crippen LogP contribution >= 0.6 is 0 Å². The van der Waals surface area contributed by atoms with Crippen molar-refractivity contribution in [3.05, 3.63) is 36.3 Å². The molecule has 0 radical (unpaired) electrons. The molecule has 0 aliphatic carbocycles. The molecule has 0 saturated carbocycles. The van der Waals surface area contributed by atoms with Crippen molar-refractivity contribution in [3.63, 3.8) is 0 Å². The molecular formula is C9H5O4-. The molecule has 0 unspecified atom stereocenters. The number of hydrogen-bond acceptors (Lipinski definition) is 4. The quantitative estimate of drug-likeness (QED) is 0.608. The Morgan fingerprint density at radius 2 is 1.92 bits per heavy atom. The van der Waals surface area contributed by atoms with E-state index in [1.807, 2.05) is 0 Å². The van der Waals surface area contributed by atoms with Gasteiger partial charge in [-0.15, -0.1) is 0 Å². The summed E-state index contributed by atoms with van der Waals surface area (Å²) < 4.78 is 9.96. The first-order chi connectivity index (χ1) is 6.27. The van der Waals surface area contributed by atoms with Crippen LogP contribution in [0.1, 0.15) is 0 Å². The number of para-hydroxylation sites is 2. The molecule has 66 valence electrons. The Balaban J connectivity index is 2.33. The number of carbonyl (C=O) groups excluding carboxylic acids is 1. The second kappa shape index (κ2) is 2.82. The van der Waals surface area contributed by atoms with Crippen LogP contribution in [0.15, 0.2) is 36.3 Å². The molecule has 1 aliphatic rings. The first-order valence-corrected chi connectivity index (χ1v) is 3.62. The zero-order valence-electron chi connectivity index (χ0n) is 6.52. The first-order valence-electron chi connectivity index (χ1n) is 3.62. The fourth-order valence-corrected chi connectivity index (χ4v) is 0.981. The molecule has 0 N–H and O–H groups in total. The normalized spacial score (nSPS) is 13.4. The number of benzene rings is 1. The fourth-order valence-electron chi connectivity index (χ4n) is 0.981. The Morgan fingerprint density at radius 3 is 2.62 bits per heavy atom. The van der Waals surface area contributed by atoms with E-state index in [0.29, 0.717) is 11.5 Å². The molecule has 2 rings (SSSR count). The largest absolute Gasteiger partial charge is 0.541 e. The topological polar surface area (TPSA) is 58.6 Å². The number of ether oxygens (including phenoxy) is 2. The highest BCUT2D eigenvalue weighted by molar-refractivity contribution is 5.83. The summed E-state index contributed by atoms with van der Waals surface area (Å²) in [5.41, 5.74) is 0. The third-order valence-electron chi connectivity index (χ3n) is 1.56. The Morgan fingerprint density at radius 1 is 1.23 bits per heavy atom. The molecule has 0 atom stereocenters. The summed E-state index contributed by atoms with van der Waals surface area (Å²) in [6, 6.07) is 6.78. The van der Waals surface area contributed by atoms with Gasteiger partial charge in [-0.3, -0.25) is 0 Å². The van der Waals surface area contributed by atoms with Crippen LogP contribution in [-0.2, 0) is 4.79 Å². The lowest BCUT2D eigenvalue weighted by Gasteiger charge is -2.17. The van der Waals surface area contributed by atoms with Crippen LogP contribution in [0.25, 0.3) is 0 Å². The van der Waals surface area contributed by atoms with Gasteiger partial charge in [0.2, 0.25) is 0 Å². The first kappa shape index (κ1) is 7.67. The monoisotopic (exact) mass is 177 g/mol. The SMILES string of the molecule is O=C([O-])C1=COc2ccccc2O1. The highest BCUT2D eigenvalue weighted by Crippen LogP contribution is 2.31. The van der Waals surface area contributed by atoms with Crippen molar-refractivity contribution in [1.29, 1.82) is 0 Å². The van der Waals surface area contributed by atoms with Crippen molar-refractivity contribution in [3.8, 4) is 11.5 Å². The zero-order chi connectivity index (χ0) is 9.26. The van der Waals surface area contributed by atoms with E-state index >= 15 is 0 Å². The molecule has 1 heterocycles. The summed E-state index contributed by atoms with van der Waals surface area (Å²) in [6.45, 7) is 0. The molecule has 1 aromatic rings. The Labute approximate surface area is 74.0 Å². The van der Waals surface area contributed by atoms with Crippen LogP contribution < -0.4 is 14.6 Å². The highest BCUT2D eigenvalue weighted by atomic mass is 16.6. The van der Waals surface area contributed by atoms with Crippen molar-refractivity contribution in [2.45, 2.75) is 0 Å². The third kappa shape index (κ3) is 1.33.